The van der Waals surface area contributed by atoms with Crippen LogP contribution in [0.3, 0.4) is 0 Å². The van der Waals surface area contributed by atoms with E-state index in [0.717, 1.165) is 5.56 Å². The molecule has 0 atom stereocenters. The summed E-state index contributed by atoms with van der Waals surface area (Å²) in [5, 5.41) is 3.15. The van der Waals surface area contributed by atoms with Crippen LogP contribution in [-0.2, 0) is 16.1 Å². The van der Waals surface area contributed by atoms with E-state index in [4.69, 9.17) is 14.2 Å². The number of benzene rings is 1. The maximum atomic E-state index is 11.0. The predicted octanol–water partition coefficient (Wildman–Crippen LogP) is 1.37. The summed E-state index contributed by atoms with van der Waals surface area (Å²) >= 11 is 0. The molecule has 20 heavy (non-hydrogen) atoms. The van der Waals surface area contributed by atoms with Crippen molar-refractivity contribution in [3.63, 3.8) is 0 Å². The van der Waals surface area contributed by atoms with Gasteiger partial charge in [-0.15, -0.1) is 0 Å². The van der Waals surface area contributed by atoms with E-state index in [1.165, 1.54) is 7.11 Å². The lowest BCUT2D eigenvalue weighted by atomic mass is 10.1. The average Bonchev–Trinajstić information content (AvgIpc) is 2.50. The van der Waals surface area contributed by atoms with Crippen LogP contribution in [0.5, 0.6) is 17.2 Å². The number of hydrogen-bond donors (Lipinski definition) is 1. The van der Waals surface area contributed by atoms with E-state index in [2.05, 4.69) is 10.1 Å². The highest BCUT2D eigenvalue weighted by atomic mass is 16.5. The smallest absolute Gasteiger partial charge is 0.306 e. The minimum Gasteiger partial charge on any atom is -0.496 e. The zero-order valence-electron chi connectivity index (χ0n) is 12.3. The molecule has 6 nitrogen and oxygen atoms in total. The average molecular weight is 283 g/mol. The van der Waals surface area contributed by atoms with Crippen LogP contribution in [0.15, 0.2) is 12.1 Å². The van der Waals surface area contributed by atoms with Crippen molar-refractivity contribution in [2.24, 2.45) is 0 Å². The first-order valence-corrected chi connectivity index (χ1v) is 6.22. The van der Waals surface area contributed by atoms with Gasteiger partial charge in [0.05, 0.1) is 34.9 Å². The molecule has 1 aromatic carbocycles. The molecular weight excluding hydrogens is 262 g/mol. The molecule has 1 aromatic rings. The lowest BCUT2D eigenvalue weighted by Crippen LogP contribution is -2.18. The van der Waals surface area contributed by atoms with Gasteiger partial charge in [-0.25, -0.2) is 0 Å². The third-order valence-electron chi connectivity index (χ3n) is 2.84. The Labute approximate surface area is 119 Å². The first-order chi connectivity index (χ1) is 9.65. The minimum atomic E-state index is -0.239. The van der Waals surface area contributed by atoms with E-state index in [1.54, 1.807) is 27.4 Å². The van der Waals surface area contributed by atoms with E-state index < -0.39 is 0 Å². The molecule has 0 fully saturated rings. The molecule has 0 spiro atoms. The van der Waals surface area contributed by atoms with Gasteiger partial charge in [0, 0.05) is 24.7 Å². The molecule has 0 amide bonds. The van der Waals surface area contributed by atoms with Crippen molar-refractivity contribution in [1.82, 2.24) is 5.32 Å². The van der Waals surface area contributed by atoms with E-state index in [0.29, 0.717) is 36.8 Å². The number of hydrogen-bond acceptors (Lipinski definition) is 6. The van der Waals surface area contributed by atoms with Crippen LogP contribution >= 0.6 is 0 Å². The van der Waals surface area contributed by atoms with Crippen LogP contribution in [-0.4, -0.2) is 41.0 Å². The first-order valence-electron chi connectivity index (χ1n) is 6.22. The van der Waals surface area contributed by atoms with Crippen LogP contribution < -0.4 is 19.5 Å². The van der Waals surface area contributed by atoms with Crippen molar-refractivity contribution in [3.8, 4) is 17.2 Å². The van der Waals surface area contributed by atoms with Gasteiger partial charge in [0.25, 0.3) is 0 Å². The molecule has 0 radical (unpaired) electrons. The number of ether oxygens (including phenoxy) is 4. The Morgan fingerprint density at radius 2 is 1.60 bits per heavy atom. The maximum absolute atomic E-state index is 11.0. The predicted molar refractivity (Wildman–Crippen MR) is 74.4 cm³/mol. The summed E-state index contributed by atoms with van der Waals surface area (Å²) in [5.41, 5.74) is 0.926. The summed E-state index contributed by atoms with van der Waals surface area (Å²) in [6.45, 7) is 1.09. The van der Waals surface area contributed by atoms with Crippen LogP contribution in [0, 0.1) is 0 Å². The van der Waals surface area contributed by atoms with Crippen molar-refractivity contribution in [2.45, 2.75) is 13.0 Å². The van der Waals surface area contributed by atoms with Gasteiger partial charge in [-0.2, -0.15) is 0 Å². The second kappa shape index (κ2) is 8.27. The fourth-order valence-electron chi connectivity index (χ4n) is 1.75. The zero-order valence-corrected chi connectivity index (χ0v) is 12.3. The number of esters is 1. The van der Waals surface area contributed by atoms with E-state index in [1.807, 2.05) is 6.07 Å². The molecule has 6 heteroatoms. The topological polar surface area (TPSA) is 66.0 Å². The Balaban J connectivity index is 2.70. The normalized spacial score (nSPS) is 10.0. The number of carbonyl (C=O) groups excluding carboxylic acids is 1. The van der Waals surface area contributed by atoms with Gasteiger partial charge in [0.1, 0.15) is 5.75 Å². The summed E-state index contributed by atoms with van der Waals surface area (Å²) in [5.74, 6) is 1.71. The maximum Gasteiger partial charge on any atom is 0.306 e. The number of rotatable bonds is 8. The highest BCUT2D eigenvalue weighted by Gasteiger charge is 2.11. The monoisotopic (exact) mass is 283 g/mol. The van der Waals surface area contributed by atoms with E-state index in [9.17, 15) is 4.79 Å². The molecule has 0 aliphatic heterocycles. The molecule has 0 heterocycles. The van der Waals surface area contributed by atoms with Crippen molar-refractivity contribution in [2.75, 3.05) is 35.0 Å². The molecule has 1 rings (SSSR count). The Kier molecular flexibility index (Phi) is 6.66. The highest BCUT2D eigenvalue weighted by molar-refractivity contribution is 5.69. The third kappa shape index (κ3) is 4.31. The van der Waals surface area contributed by atoms with Gasteiger partial charge in [-0.05, 0) is 6.07 Å². The number of nitrogens with one attached hydrogen (secondary N) is 1. The molecule has 0 bridgehead atoms. The molecular formula is C14H21NO5. The SMILES string of the molecule is COC(=O)CCNCc1cc(OC)c(OC)cc1OC. The summed E-state index contributed by atoms with van der Waals surface area (Å²) in [7, 11) is 6.13. The van der Waals surface area contributed by atoms with E-state index >= 15 is 0 Å². The van der Waals surface area contributed by atoms with Crippen molar-refractivity contribution in [3.05, 3.63) is 17.7 Å². The third-order valence-corrected chi connectivity index (χ3v) is 2.84. The molecule has 1 N–H and O–H groups in total. The van der Waals surface area contributed by atoms with Gasteiger partial charge in [0.2, 0.25) is 0 Å². The highest BCUT2D eigenvalue weighted by Crippen LogP contribution is 2.34. The molecule has 0 unspecified atom stereocenters. The summed E-state index contributed by atoms with van der Waals surface area (Å²) < 4.78 is 20.4. The van der Waals surface area contributed by atoms with Gasteiger partial charge in [-0.3, -0.25) is 4.79 Å². The van der Waals surface area contributed by atoms with Crippen LogP contribution in [0.2, 0.25) is 0 Å². The van der Waals surface area contributed by atoms with E-state index in [-0.39, 0.29) is 5.97 Å². The van der Waals surface area contributed by atoms with Gasteiger partial charge in [-0.1, -0.05) is 0 Å². The Morgan fingerprint density at radius 3 is 2.15 bits per heavy atom. The minimum absolute atomic E-state index is 0.239. The first kappa shape index (κ1) is 16.1. The second-order valence-corrected chi connectivity index (χ2v) is 4.02. The van der Waals surface area contributed by atoms with Gasteiger partial charge >= 0.3 is 5.97 Å². The van der Waals surface area contributed by atoms with Gasteiger partial charge < -0.3 is 24.3 Å². The fraction of sp³-hybridized carbons (Fsp3) is 0.500. The number of methoxy groups -OCH3 is 4. The fourth-order valence-corrected chi connectivity index (χ4v) is 1.75. The van der Waals surface area contributed by atoms with Crippen LogP contribution in [0.25, 0.3) is 0 Å². The molecule has 0 saturated carbocycles. The second-order valence-electron chi connectivity index (χ2n) is 4.02. The van der Waals surface area contributed by atoms with Crippen molar-refractivity contribution < 1.29 is 23.7 Å². The molecule has 112 valence electrons. The van der Waals surface area contributed by atoms with Crippen LogP contribution in [0.1, 0.15) is 12.0 Å². The summed E-state index contributed by atoms with van der Waals surface area (Å²) in [6, 6.07) is 3.62. The van der Waals surface area contributed by atoms with Crippen molar-refractivity contribution in [1.29, 1.82) is 0 Å². The molecule has 0 aliphatic rings. The lowest BCUT2D eigenvalue weighted by Gasteiger charge is -2.14. The van der Waals surface area contributed by atoms with Crippen LogP contribution in [0.4, 0.5) is 0 Å². The Morgan fingerprint density at radius 1 is 1.00 bits per heavy atom. The number of carbonyl (C=O) groups is 1. The molecule has 0 aromatic heterocycles. The van der Waals surface area contributed by atoms with Gasteiger partial charge in [0.15, 0.2) is 11.5 Å². The largest absolute Gasteiger partial charge is 0.496 e. The van der Waals surface area contributed by atoms with Crippen molar-refractivity contribution >= 4 is 5.97 Å². The summed E-state index contributed by atoms with van der Waals surface area (Å²) in [4.78, 5) is 11.0. The standard InChI is InChI=1S/C14H21NO5/c1-17-11-8-13(19-3)12(18-2)7-10(11)9-15-6-5-14(16)20-4/h7-8,15H,5-6,9H2,1-4H3. The summed E-state index contributed by atoms with van der Waals surface area (Å²) in [6.07, 6.45) is 0.326. The Bertz CT molecular complexity index is 447. The zero-order chi connectivity index (χ0) is 15.0. The quantitative estimate of drug-likeness (QED) is 0.574. The Hall–Kier alpha value is -1.95. The lowest BCUT2D eigenvalue weighted by molar-refractivity contribution is -0.140. The molecule has 0 saturated heterocycles. The molecule has 0 aliphatic carbocycles.